The van der Waals surface area contributed by atoms with Crippen molar-refractivity contribution in [3.63, 3.8) is 0 Å². The Balaban J connectivity index is 1.72. The third kappa shape index (κ3) is 6.11. The van der Waals surface area contributed by atoms with Crippen molar-refractivity contribution in [1.29, 1.82) is 0 Å². The maximum atomic E-state index is 11.9. The van der Waals surface area contributed by atoms with E-state index in [9.17, 15) is 4.79 Å². The van der Waals surface area contributed by atoms with Crippen LogP contribution in [0.1, 0.15) is 37.7 Å². The lowest BCUT2D eigenvalue weighted by atomic mass is 10.0. The van der Waals surface area contributed by atoms with Crippen LogP contribution in [-0.2, 0) is 4.79 Å². The largest absolute Gasteiger partial charge is 0.493 e. The summed E-state index contributed by atoms with van der Waals surface area (Å²) in [6.45, 7) is 0.719. The van der Waals surface area contributed by atoms with E-state index in [4.69, 9.17) is 9.47 Å². The highest BCUT2D eigenvalue weighted by molar-refractivity contribution is 7.99. The van der Waals surface area contributed by atoms with Gasteiger partial charge < -0.3 is 14.8 Å². The molecule has 0 atom stereocenters. The summed E-state index contributed by atoms with van der Waals surface area (Å²) in [6, 6.07) is 5.57. The summed E-state index contributed by atoms with van der Waals surface area (Å²) in [7, 11) is 3.20. The molecule has 1 amide bonds. The van der Waals surface area contributed by atoms with Gasteiger partial charge in [-0.3, -0.25) is 4.79 Å². The first-order valence-electron chi connectivity index (χ1n) is 8.52. The Hall–Kier alpha value is -1.62. The fraction of sp³-hybridized carbons (Fsp3) is 0.526. The maximum Gasteiger partial charge on any atom is 0.244 e. The number of rotatable bonds is 8. The van der Waals surface area contributed by atoms with Crippen LogP contribution in [-0.4, -0.2) is 37.7 Å². The van der Waals surface area contributed by atoms with Crippen LogP contribution in [0.4, 0.5) is 0 Å². The minimum atomic E-state index is -0.0611. The van der Waals surface area contributed by atoms with E-state index in [0.29, 0.717) is 11.5 Å². The Labute approximate surface area is 149 Å². The van der Waals surface area contributed by atoms with Gasteiger partial charge in [-0.05, 0) is 36.6 Å². The molecule has 1 aliphatic rings. The van der Waals surface area contributed by atoms with Crippen LogP contribution < -0.4 is 14.8 Å². The van der Waals surface area contributed by atoms with E-state index in [-0.39, 0.29) is 5.91 Å². The van der Waals surface area contributed by atoms with Gasteiger partial charge in [0.15, 0.2) is 11.5 Å². The molecule has 1 saturated carbocycles. The Morgan fingerprint density at radius 2 is 1.96 bits per heavy atom. The first kappa shape index (κ1) is 18.7. The lowest BCUT2D eigenvalue weighted by Gasteiger charge is -2.20. The van der Waals surface area contributed by atoms with Crippen LogP contribution >= 0.6 is 11.8 Å². The van der Waals surface area contributed by atoms with Crippen molar-refractivity contribution in [3.8, 4) is 11.5 Å². The normalized spacial score (nSPS) is 15.4. The van der Waals surface area contributed by atoms with Crippen molar-refractivity contribution >= 4 is 23.7 Å². The van der Waals surface area contributed by atoms with Gasteiger partial charge in [0.1, 0.15) is 0 Å². The lowest BCUT2D eigenvalue weighted by Crippen LogP contribution is -2.24. The second-order valence-corrected chi connectivity index (χ2v) is 7.28. The average molecular weight is 349 g/mol. The Morgan fingerprint density at radius 1 is 1.21 bits per heavy atom. The predicted molar refractivity (Wildman–Crippen MR) is 101 cm³/mol. The predicted octanol–water partition coefficient (Wildman–Crippen LogP) is 3.90. The third-order valence-corrected chi connectivity index (χ3v) is 5.52. The first-order chi connectivity index (χ1) is 11.7. The number of nitrogens with one attached hydrogen (secondary N) is 1. The van der Waals surface area contributed by atoms with Crippen LogP contribution in [0, 0.1) is 0 Å². The highest BCUT2D eigenvalue weighted by Gasteiger charge is 2.13. The molecule has 0 radical (unpaired) electrons. The SMILES string of the molecule is COc1ccc(/C=C/C(=O)NCCSC2CCCCC2)cc1OC. The summed E-state index contributed by atoms with van der Waals surface area (Å²) in [5.41, 5.74) is 0.902. The zero-order valence-corrected chi connectivity index (χ0v) is 15.4. The highest BCUT2D eigenvalue weighted by Crippen LogP contribution is 2.28. The van der Waals surface area contributed by atoms with E-state index in [1.807, 2.05) is 30.0 Å². The molecule has 1 aliphatic carbocycles. The summed E-state index contributed by atoms with van der Waals surface area (Å²) in [4.78, 5) is 11.9. The number of hydrogen-bond donors (Lipinski definition) is 1. The summed E-state index contributed by atoms with van der Waals surface area (Å²) in [5.74, 6) is 2.26. The van der Waals surface area contributed by atoms with Gasteiger partial charge in [0.25, 0.3) is 0 Å². The fourth-order valence-electron chi connectivity index (χ4n) is 2.82. The van der Waals surface area contributed by atoms with E-state index >= 15 is 0 Å². The molecule has 1 fully saturated rings. The molecular formula is C19H27NO3S. The second-order valence-electron chi connectivity index (χ2n) is 5.87. The van der Waals surface area contributed by atoms with Crippen LogP contribution in [0.25, 0.3) is 6.08 Å². The van der Waals surface area contributed by atoms with Gasteiger partial charge in [-0.2, -0.15) is 11.8 Å². The van der Waals surface area contributed by atoms with E-state index in [2.05, 4.69) is 5.32 Å². The van der Waals surface area contributed by atoms with Crippen molar-refractivity contribution in [2.75, 3.05) is 26.5 Å². The second kappa shape index (κ2) is 10.3. The molecule has 1 aromatic carbocycles. The molecule has 0 bridgehead atoms. The molecule has 0 aromatic heterocycles. The number of carbonyl (C=O) groups excluding carboxylic acids is 1. The standard InChI is InChI=1S/C19H27NO3S/c1-22-17-10-8-15(14-18(17)23-2)9-11-19(21)20-12-13-24-16-6-4-3-5-7-16/h8-11,14,16H,3-7,12-13H2,1-2H3,(H,20,21)/b11-9+. The first-order valence-corrected chi connectivity index (χ1v) is 9.57. The van der Waals surface area contributed by atoms with Crippen LogP contribution in [0.15, 0.2) is 24.3 Å². The van der Waals surface area contributed by atoms with Crippen molar-refractivity contribution in [1.82, 2.24) is 5.32 Å². The van der Waals surface area contributed by atoms with E-state index in [1.54, 1.807) is 26.4 Å². The van der Waals surface area contributed by atoms with Crippen LogP contribution in [0.3, 0.4) is 0 Å². The molecule has 5 heteroatoms. The minimum Gasteiger partial charge on any atom is -0.493 e. The maximum absolute atomic E-state index is 11.9. The molecule has 24 heavy (non-hydrogen) atoms. The summed E-state index contributed by atoms with van der Waals surface area (Å²) >= 11 is 1.99. The fourth-order valence-corrected chi connectivity index (χ4v) is 4.04. The number of methoxy groups -OCH3 is 2. The van der Waals surface area contributed by atoms with Crippen molar-refractivity contribution in [2.45, 2.75) is 37.4 Å². The highest BCUT2D eigenvalue weighted by atomic mass is 32.2. The van der Waals surface area contributed by atoms with Crippen molar-refractivity contribution < 1.29 is 14.3 Å². The molecule has 0 unspecified atom stereocenters. The molecule has 2 rings (SSSR count). The number of ether oxygens (including phenoxy) is 2. The van der Waals surface area contributed by atoms with Gasteiger partial charge in [-0.1, -0.05) is 25.3 Å². The number of carbonyl (C=O) groups is 1. The van der Waals surface area contributed by atoms with Crippen LogP contribution in [0.5, 0.6) is 11.5 Å². The van der Waals surface area contributed by atoms with Gasteiger partial charge >= 0.3 is 0 Å². The Bertz CT molecular complexity index is 554. The number of benzene rings is 1. The van der Waals surface area contributed by atoms with Gasteiger partial charge in [-0.15, -0.1) is 0 Å². The molecule has 0 saturated heterocycles. The Morgan fingerprint density at radius 3 is 2.67 bits per heavy atom. The topological polar surface area (TPSA) is 47.6 Å². The quantitative estimate of drug-likeness (QED) is 0.571. The molecular weight excluding hydrogens is 322 g/mol. The minimum absolute atomic E-state index is 0.0611. The van der Waals surface area contributed by atoms with Gasteiger partial charge in [0, 0.05) is 23.6 Å². The molecule has 132 valence electrons. The van der Waals surface area contributed by atoms with Crippen molar-refractivity contribution in [2.24, 2.45) is 0 Å². The average Bonchev–Trinajstić information content (AvgIpc) is 2.64. The summed E-state index contributed by atoms with van der Waals surface area (Å²) < 4.78 is 10.5. The smallest absolute Gasteiger partial charge is 0.244 e. The molecule has 1 N–H and O–H groups in total. The van der Waals surface area contributed by atoms with Gasteiger partial charge in [0.05, 0.1) is 14.2 Å². The molecule has 0 heterocycles. The van der Waals surface area contributed by atoms with E-state index < -0.39 is 0 Å². The monoisotopic (exact) mass is 349 g/mol. The van der Waals surface area contributed by atoms with Crippen molar-refractivity contribution in [3.05, 3.63) is 29.8 Å². The number of thioether (sulfide) groups is 1. The molecule has 0 spiro atoms. The van der Waals surface area contributed by atoms with Gasteiger partial charge in [-0.25, -0.2) is 0 Å². The zero-order valence-electron chi connectivity index (χ0n) is 14.5. The van der Waals surface area contributed by atoms with E-state index in [0.717, 1.165) is 23.1 Å². The zero-order chi connectivity index (χ0) is 17.2. The number of amides is 1. The van der Waals surface area contributed by atoms with Crippen LogP contribution in [0.2, 0.25) is 0 Å². The Kier molecular flexibility index (Phi) is 8.02. The summed E-state index contributed by atoms with van der Waals surface area (Å²) in [6.07, 6.45) is 10.1. The number of hydrogen-bond acceptors (Lipinski definition) is 4. The van der Waals surface area contributed by atoms with E-state index in [1.165, 1.54) is 32.1 Å². The third-order valence-electron chi connectivity index (χ3n) is 4.14. The van der Waals surface area contributed by atoms with Gasteiger partial charge in [0.2, 0.25) is 5.91 Å². The molecule has 0 aliphatic heterocycles. The molecule has 4 nitrogen and oxygen atoms in total. The lowest BCUT2D eigenvalue weighted by molar-refractivity contribution is -0.116. The summed E-state index contributed by atoms with van der Waals surface area (Å²) in [5, 5.41) is 3.73. The molecule has 1 aromatic rings.